The van der Waals surface area contributed by atoms with Gasteiger partial charge in [-0.25, -0.2) is 14.6 Å². The zero-order valence-electron chi connectivity index (χ0n) is 12.0. The van der Waals surface area contributed by atoms with Crippen LogP contribution in [-0.4, -0.2) is 40.6 Å². The molecule has 0 fully saturated rings. The summed E-state index contributed by atoms with van der Waals surface area (Å²) in [6.45, 7) is 5.13. The van der Waals surface area contributed by atoms with Gasteiger partial charge in [-0.3, -0.25) is 10.1 Å². The minimum atomic E-state index is -1.26. The van der Waals surface area contributed by atoms with Crippen molar-refractivity contribution in [1.29, 1.82) is 0 Å². The van der Waals surface area contributed by atoms with Crippen molar-refractivity contribution in [3.63, 3.8) is 0 Å². The van der Waals surface area contributed by atoms with Crippen molar-refractivity contribution in [1.82, 2.24) is 15.6 Å². The summed E-state index contributed by atoms with van der Waals surface area (Å²) in [6.07, 6.45) is -1.05. The first-order chi connectivity index (χ1) is 9.85. The third-order valence-corrected chi connectivity index (χ3v) is 2.45. The lowest BCUT2D eigenvalue weighted by Gasteiger charge is -2.15. The molecular weight excluding hydrogens is 278 g/mol. The first-order valence-electron chi connectivity index (χ1n) is 6.31. The summed E-state index contributed by atoms with van der Waals surface area (Å²) in [7, 11) is 0. The molecule has 0 aliphatic rings. The number of carboxylic acids is 1. The number of urea groups is 1. The van der Waals surface area contributed by atoms with Crippen molar-refractivity contribution in [2.24, 2.45) is 0 Å². The fourth-order valence-corrected chi connectivity index (χ4v) is 1.45. The molecule has 0 saturated heterocycles. The second-order valence-corrected chi connectivity index (χ2v) is 4.21. The Morgan fingerprint density at radius 3 is 2.62 bits per heavy atom. The lowest BCUT2D eigenvalue weighted by atomic mass is 10.2. The molecule has 1 aromatic rings. The van der Waals surface area contributed by atoms with Crippen LogP contribution < -0.4 is 15.4 Å². The Morgan fingerprint density at radius 2 is 2.05 bits per heavy atom. The number of hydrogen-bond acceptors (Lipinski definition) is 5. The van der Waals surface area contributed by atoms with E-state index in [0.717, 1.165) is 0 Å². The zero-order chi connectivity index (χ0) is 16.0. The fraction of sp³-hybridized carbons (Fsp3) is 0.385. The van der Waals surface area contributed by atoms with Crippen LogP contribution in [0.1, 0.15) is 30.0 Å². The molecule has 1 heterocycles. The van der Waals surface area contributed by atoms with E-state index in [1.54, 1.807) is 19.9 Å². The van der Waals surface area contributed by atoms with Crippen LogP contribution in [0.5, 0.6) is 5.75 Å². The average molecular weight is 295 g/mol. The van der Waals surface area contributed by atoms with Crippen molar-refractivity contribution in [3.8, 4) is 5.75 Å². The molecule has 0 spiro atoms. The Labute approximate surface area is 121 Å². The molecule has 114 valence electrons. The number of ether oxygens (including phenoxy) is 1. The standard InChI is InChI=1S/C13H17N3O5/c1-4-14-13(20)16-11(17)8(3)21-9-6-5-7(2)15-10(9)12(18)19/h5-6,8H,4H2,1-3H3,(H,18,19)(H2,14,16,17,20). The highest BCUT2D eigenvalue weighted by atomic mass is 16.5. The predicted octanol–water partition coefficient (Wildman–Crippen LogP) is 0.701. The van der Waals surface area contributed by atoms with Gasteiger partial charge in [-0.15, -0.1) is 0 Å². The van der Waals surface area contributed by atoms with E-state index in [-0.39, 0.29) is 11.4 Å². The first-order valence-corrected chi connectivity index (χ1v) is 6.31. The molecule has 8 nitrogen and oxygen atoms in total. The molecule has 21 heavy (non-hydrogen) atoms. The smallest absolute Gasteiger partial charge is 0.358 e. The molecule has 1 atom stereocenters. The van der Waals surface area contributed by atoms with Crippen molar-refractivity contribution >= 4 is 17.9 Å². The van der Waals surface area contributed by atoms with Crippen LogP contribution in [0.4, 0.5) is 4.79 Å². The lowest BCUT2D eigenvalue weighted by Crippen LogP contribution is -2.45. The van der Waals surface area contributed by atoms with E-state index in [0.29, 0.717) is 12.2 Å². The van der Waals surface area contributed by atoms with Gasteiger partial charge in [0.25, 0.3) is 5.91 Å². The number of aromatic nitrogens is 1. The molecule has 8 heteroatoms. The zero-order valence-corrected chi connectivity index (χ0v) is 12.0. The number of imide groups is 1. The second kappa shape index (κ2) is 7.22. The van der Waals surface area contributed by atoms with E-state index in [2.05, 4.69) is 15.6 Å². The lowest BCUT2D eigenvalue weighted by molar-refractivity contribution is -0.126. The largest absolute Gasteiger partial charge is 0.478 e. The molecule has 0 saturated carbocycles. The van der Waals surface area contributed by atoms with Crippen LogP contribution in [-0.2, 0) is 4.79 Å². The van der Waals surface area contributed by atoms with Crippen molar-refractivity contribution in [2.75, 3.05) is 6.54 Å². The van der Waals surface area contributed by atoms with Gasteiger partial charge in [0.1, 0.15) is 0 Å². The normalized spacial score (nSPS) is 11.4. The van der Waals surface area contributed by atoms with Crippen molar-refractivity contribution in [2.45, 2.75) is 26.9 Å². The average Bonchev–Trinajstić information content (AvgIpc) is 2.40. The fourth-order valence-electron chi connectivity index (χ4n) is 1.45. The highest BCUT2D eigenvalue weighted by molar-refractivity contribution is 5.96. The number of pyridine rings is 1. The highest BCUT2D eigenvalue weighted by Crippen LogP contribution is 2.18. The quantitative estimate of drug-likeness (QED) is 0.736. The summed E-state index contributed by atoms with van der Waals surface area (Å²) in [5, 5.41) is 13.5. The van der Waals surface area contributed by atoms with Crippen LogP contribution in [0, 0.1) is 6.92 Å². The summed E-state index contributed by atoms with van der Waals surface area (Å²) < 4.78 is 5.27. The van der Waals surface area contributed by atoms with Crippen molar-refractivity contribution in [3.05, 3.63) is 23.5 Å². The van der Waals surface area contributed by atoms with Gasteiger partial charge in [0.2, 0.25) is 0 Å². The maximum atomic E-state index is 11.7. The number of aryl methyl sites for hydroxylation is 1. The number of carbonyl (C=O) groups excluding carboxylic acids is 2. The van der Waals surface area contributed by atoms with Crippen LogP contribution >= 0.6 is 0 Å². The molecule has 3 N–H and O–H groups in total. The molecule has 0 aliphatic heterocycles. The van der Waals surface area contributed by atoms with E-state index >= 15 is 0 Å². The van der Waals surface area contributed by atoms with Crippen molar-refractivity contribution < 1.29 is 24.2 Å². The monoisotopic (exact) mass is 295 g/mol. The number of rotatable bonds is 5. The number of carbonyl (C=O) groups is 3. The van der Waals surface area contributed by atoms with E-state index in [1.165, 1.54) is 13.0 Å². The molecule has 0 aromatic carbocycles. The Bertz CT molecular complexity index is 559. The van der Waals surface area contributed by atoms with Gasteiger partial charge in [0.05, 0.1) is 0 Å². The molecule has 1 aromatic heterocycles. The number of nitrogens with zero attached hydrogens (tertiary/aromatic N) is 1. The summed E-state index contributed by atoms with van der Waals surface area (Å²) in [6, 6.07) is 2.34. The predicted molar refractivity (Wildman–Crippen MR) is 73.2 cm³/mol. The van der Waals surface area contributed by atoms with Gasteiger partial charge < -0.3 is 15.2 Å². The SMILES string of the molecule is CCNC(=O)NC(=O)C(C)Oc1ccc(C)nc1C(=O)O. The maximum Gasteiger partial charge on any atom is 0.358 e. The Morgan fingerprint density at radius 1 is 1.38 bits per heavy atom. The minimum absolute atomic E-state index is 0.0355. The topological polar surface area (TPSA) is 118 Å². The molecule has 0 bridgehead atoms. The minimum Gasteiger partial charge on any atom is -0.478 e. The molecule has 0 aliphatic carbocycles. The summed E-state index contributed by atoms with van der Waals surface area (Å²) in [5.74, 6) is -1.98. The van der Waals surface area contributed by atoms with Crippen LogP contribution in [0.3, 0.4) is 0 Å². The highest BCUT2D eigenvalue weighted by Gasteiger charge is 2.21. The van der Waals surface area contributed by atoms with E-state index in [1.807, 2.05) is 0 Å². The Hall–Kier alpha value is -2.64. The van der Waals surface area contributed by atoms with Gasteiger partial charge in [-0.2, -0.15) is 0 Å². The van der Waals surface area contributed by atoms with Gasteiger partial charge in [0.15, 0.2) is 17.5 Å². The van der Waals surface area contributed by atoms with Crippen LogP contribution in [0.25, 0.3) is 0 Å². The third kappa shape index (κ3) is 4.75. The van der Waals surface area contributed by atoms with E-state index in [9.17, 15) is 14.4 Å². The van der Waals surface area contributed by atoms with E-state index in [4.69, 9.17) is 9.84 Å². The number of nitrogens with one attached hydrogen (secondary N) is 2. The Balaban J connectivity index is 2.79. The van der Waals surface area contributed by atoms with Crippen LogP contribution in [0.2, 0.25) is 0 Å². The third-order valence-electron chi connectivity index (χ3n) is 2.45. The molecule has 1 unspecified atom stereocenters. The molecule has 0 radical (unpaired) electrons. The second-order valence-electron chi connectivity index (χ2n) is 4.21. The number of carboxylic acid groups (broad SMARTS) is 1. The van der Waals surface area contributed by atoms with Gasteiger partial charge in [0, 0.05) is 12.2 Å². The number of hydrogen-bond donors (Lipinski definition) is 3. The number of aromatic carboxylic acids is 1. The van der Waals surface area contributed by atoms with E-state index < -0.39 is 24.0 Å². The van der Waals surface area contributed by atoms with Gasteiger partial charge in [-0.1, -0.05) is 0 Å². The summed E-state index contributed by atoms with van der Waals surface area (Å²) in [5.41, 5.74) is 0.229. The van der Waals surface area contributed by atoms with Gasteiger partial charge >= 0.3 is 12.0 Å². The molecule has 1 rings (SSSR count). The maximum absolute atomic E-state index is 11.7. The molecule has 3 amide bonds. The first kappa shape index (κ1) is 16.4. The summed E-state index contributed by atoms with van der Waals surface area (Å²) >= 11 is 0. The Kier molecular flexibility index (Phi) is 5.65. The summed E-state index contributed by atoms with van der Waals surface area (Å²) in [4.78, 5) is 37.9. The van der Waals surface area contributed by atoms with Crippen LogP contribution in [0.15, 0.2) is 12.1 Å². The number of amides is 3. The van der Waals surface area contributed by atoms with Gasteiger partial charge in [-0.05, 0) is 32.9 Å². The molecular formula is C13H17N3O5.